The van der Waals surface area contributed by atoms with Gasteiger partial charge in [0.25, 0.3) is 0 Å². The number of carboxylic acids is 1. The smallest absolute Gasteiger partial charge is 0.325 e. The first-order valence-electron chi connectivity index (χ1n) is 16.8. The molecular formula is C33H48N6O8S2. The lowest BCUT2D eigenvalue weighted by Gasteiger charge is -2.28. The van der Waals surface area contributed by atoms with Crippen LogP contribution < -0.4 is 30.7 Å². The zero-order chi connectivity index (χ0) is 35.3. The highest BCUT2D eigenvalue weighted by molar-refractivity contribution is 7.90. The topological polar surface area (TPSA) is 212 Å². The Labute approximate surface area is 288 Å². The fraction of sp³-hybridized carbons (Fsp3) is 0.545. The molecule has 270 valence electrons. The summed E-state index contributed by atoms with van der Waals surface area (Å²) < 4.78 is 56.8. The van der Waals surface area contributed by atoms with Crippen LogP contribution in [0.4, 0.5) is 0 Å². The third-order valence-electron chi connectivity index (χ3n) is 9.15. The highest BCUT2D eigenvalue weighted by Crippen LogP contribution is 2.27. The largest absolute Gasteiger partial charge is 0.480 e. The molecule has 0 saturated carbocycles. The second-order valence-corrected chi connectivity index (χ2v) is 16.1. The maximum Gasteiger partial charge on any atom is 0.325 e. The number of sulfonamides is 2. The first-order chi connectivity index (χ1) is 23.4. The SMILES string of the molecule is O=C(CNC(=O)C(CCC1CCNCC1)CCC1CCNCC1)NC(NS(=O)(=O)c1ccccc1)C(NS(=O)(=O)c1ccccc1)C(=O)O. The number of carbonyl (C=O) groups excluding carboxylic acids is 2. The second kappa shape index (κ2) is 18.5. The Morgan fingerprint density at radius 3 is 1.61 bits per heavy atom. The van der Waals surface area contributed by atoms with E-state index in [1.54, 1.807) is 12.1 Å². The van der Waals surface area contributed by atoms with Crippen molar-refractivity contribution in [1.82, 2.24) is 30.7 Å². The molecule has 2 aliphatic rings. The van der Waals surface area contributed by atoms with E-state index in [1.807, 2.05) is 4.72 Å². The molecule has 0 aliphatic carbocycles. The first kappa shape index (κ1) is 38.4. The Morgan fingerprint density at radius 2 is 1.16 bits per heavy atom. The van der Waals surface area contributed by atoms with Crippen LogP contribution in [0.5, 0.6) is 0 Å². The van der Waals surface area contributed by atoms with Crippen molar-refractivity contribution in [3.05, 3.63) is 60.7 Å². The van der Waals surface area contributed by atoms with E-state index in [4.69, 9.17) is 0 Å². The van der Waals surface area contributed by atoms with Gasteiger partial charge >= 0.3 is 5.97 Å². The molecule has 16 heteroatoms. The number of hydrogen-bond donors (Lipinski definition) is 7. The maximum atomic E-state index is 13.5. The van der Waals surface area contributed by atoms with Crippen LogP contribution >= 0.6 is 0 Å². The molecular weight excluding hydrogens is 673 g/mol. The van der Waals surface area contributed by atoms with Gasteiger partial charge in [-0.25, -0.2) is 16.8 Å². The molecule has 2 heterocycles. The predicted molar refractivity (Wildman–Crippen MR) is 183 cm³/mol. The van der Waals surface area contributed by atoms with Crippen LogP contribution in [0.1, 0.15) is 51.4 Å². The molecule has 4 rings (SSSR count). The summed E-state index contributed by atoms with van der Waals surface area (Å²) in [6.07, 6.45) is 5.34. The number of aliphatic carboxylic acids is 1. The Morgan fingerprint density at radius 1 is 0.714 bits per heavy atom. The zero-order valence-corrected chi connectivity index (χ0v) is 29.1. The van der Waals surface area contributed by atoms with Crippen LogP contribution in [-0.2, 0) is 34.4 Å². The van der Waals surface area contributed by atoms with Gasteiger partial charge in [0.1, 0.15) is 6.17 Å². The fourth-order valence-corrected chi connectivity index (χ4v) is 8.67. The van der Waals surface area contributed by atoms with E-state index in [1.165, 1.54) is 48.5 Å². The molecule has 2 atom stereocenters. The molecule has 49 heavy (non-hydrogen) atoms. The number of rotatable bonds is 18. The van der Waals surface area contributed by atoms with Crippen molar-refractivity contribution in [2.45, 2.75) is 73.4 Å². The number of carbonyl (C=O) groups is 3. The van der Waals surface area contributed by atoms with Crippen molar-refractivity contribution in [1.29, 1.82) is 0 Å². The fourth-order valence-electron chi connectivity index (χ4n) is 6.27. The molecule has 2 fully saturated rings. The van der Waals surface area contributed by atoms with Gasteiger partial charge in [0, 0.05) is 5.92 Å². The lowest BCUT2D eigenvalue weighted by molar-refractivity contribution is -0.140. The average molecular weight is 721 g/mol. The normalized spacial score (nSPS) is 17.7. The molecule has 0 radical (unpaired) electrons. The molecule has 7 N–H and O–H groups in total. The molecule has 14 nitrogen and oxygen atoms in total. The molecule has 0 spiro atoms. The zero-order valence-electron chi connectivity index (χ0n) is 27.5. The van der Waals surface area contributed by atoms with Crippen LogP contribution in [0.25, 0.3) is 0 Å². The van der Waals surface area contributed by atoms with Crippen LogP contribution in [0.3, 0.4) is 0 Å². The van der Waals surface area contributed by atoms with Crippen molar-refractivity contribution < 1.29 is 36.3 Å². The third-order valence-corrected chi connectivity index (χ3v) is 12.1. The summed E-state index contributed by atoms with van der Waals surface area (Å²) >= 11 is 0. The minimum atomic E-state index is -4.47. The quantitative estimate of drug-likeness (QED) is 0.109. The van der Waals surface area contributed by atoms with Gasteiger partial charge < -0.3 is 26.4 Å². The molecule has 0 bridgehead atoms. The Bertz CT molecular complexity index is 1560. The van der Waals surface area contributed by atoms with Crippen LogP contribution in [0, 0.1) is 17.8 Å². The lowest BCUT2D eigenvalue weighted by atomic mass is 9.84. The minimum absolute atomic E-state index is 0.233. The van der Waals surface area contributed by atoms with E-state index < -0.39 is 50.7 Å². The van der Waals surface area contributed by atoms with Gasteiger partial charge in [0.15, 0.2) is 6.04 Å². The van der Waals surface area contributed by atoms with Crippen LogP contribution in [0.2, 0.25) is 0 Å². The molecule has 2 aromatic carbocycles. The number of piperidine rings is 2. The molecule has 2 saturated heterocycles. The standard InChI is InChI=1S/C33H48N6O8S2/c40-29(23-36-32(41)26(13-11-24-15-19-34-20-16-24)14-12-25-17-21-35-22-18-25)37-31(39-49(46,47)28-9-5-2-6-10-28)30(33(42)43)38-48(44,45)27-7-3-1-4-8-27/h1-10,24-26,30-31,34-35,38-39H,11-23H2,(H,36,41)(H,37,40)(H,42,43). The second-order valence-electron chi connectivity index (χ2n) is 12.7. The van der Waals surface area contributed by atoms with Crippen molar-refractivity contribution in [2.75, 3.05) is 32.7 Å². The van der Waals surface area contributed by atoms with Gasteiger partial charge in [-0.1, -0.05) is 36.4 Å². The summed E-state index contributed by atoms with van der Waals surface area (Å²) in [5, 5.41) is 21.7. The Kier molecular flexibility index (Phi) is 14.5. The highest BCUT2D eigenvalue weighted by Gasteiger charge is 2.37. The predicted octanol–water partition coefficient (Wildman–Crippen LogP) is 1.13. The number of benzene rings is 2. The maximum absolute atomic E-state index is 13.5. The molecule has 2 unspecified atom stereocenters. The lowest BCUT2D eigenvalue weighted by Crippen LogP contribution is -2.63. The number of amides is 2. The van der Waals surface area contributed by atoms with Crippen LogP contribution in [0.15, 0.2) is 70.5 Å². The monoisotopic (exact) mass is 720 g/mol. The summed E-state index contributed by atoms with van der Waals surface area (Å²) in [5.41, 5.74) is 0. The van der Waals surface area contributed by atoms with Crippen molar-refractivity contribution >= 4 is 37.8 Å². The third kappa shape index (κ3) is 12.2. The average Bonchev–Trinajstić information content (AvgIpc) is 3.11. The van der Waals surface area contributed by atoms with Gasteiger partial charge in [0.2, 0.25) is 31.9 Å². The number of carboxylic acid groups (broad SMARTS) is 1. The van der Waals surface area contributed by atoms with Crippen LogP contribution in [-0.4, -0.2) is 84.7 Å². The molecule has 2 aliphatic heterocycles. The Balaban J connectivity index is 1.47. The summed E-state index contributed by atoms with van der Waals surface area (Å²) in [6, 6.07) is 11.8. The van der Waals surface area contributed by atoms with E-state index in [0.29, 0.717) is 24.7 Å². The molecule has 2 aromatic rings. The van der Waals surface area contributed by atoms with Gasteiger partial charge in [0.05, 0.1) is 16.3 Å². The first-order valence-corrected chi connectivity index (χ1v) is 19.8. The summed E-state index contributed by atoms with van der Waals surface area (Å²) in [6.45, 7) is 3.22. The summed E-state index contributed by atoms with van der Waals surface area (Å²) in [5.74, 6) is -2.25. The van der Waals surface area contributed by atoms with E-state index in [0.717, 1.165) is 64.7 Å². The van der Waals surface area contributed by atoms with Crippen molar-refractivity contribution in [3.63, 3.8) is 0 Å². The van der Waals surface area contributed by atoms with E-state index >= 15 is 0 Å². The van der Waals surface area contributed by atoms with Gasteiger partial charge in [-0.05, 0) is 114 Å². The number of hydrogen-bond acceptors (Lipinski definition) is 9. The van der Waals surface area contributed by atoms with E-state index in [-0.39, 0.29) is 21.6 Å². The summed E-state index contributed by atoms with van der Waals surface area (Å²) in [4.78, 5) is 38.6. The van der Waals surface area contributed by atoms with Gasteiger partial charge in [-0.3, -0.25) is 14.4 Å². The molecule has 0 aromatic heterocycles. The highest BCUT2D eigenvalue weighted by atomic mass is 32.2. The van der Waals surface area contributed by atoms with Gasteiger partial charge in [-0.2, -0.15) is 9.44 Å². The minimum Gasteiger partial charge on any atom is -0.480 e. The number of nitrogens with one attached hydrogen (secondary N) is 6. The molecule has 2 amide bonds. The van der Waals surface area contributed by atoms with E-state index in [2.05, 4.69) is 26.0 Å². The van der Waals surface area contributed by atoms with Crippen molar-refractivity contribution in [2.24, 2.45) is 17.8 Å². The van der Waals surface area contributed by atoms with Crippen molar-refractivity contribution in [3.8, 4) is 0 Å². The van der Waals surface area contributed by atoms with Gasteiger partial charge in [-0.15, -0.1) is 0 Å². The summed E-state index contributed by atoms with van der Waals surface area (Å²) in [7, 11) is -8.91. The van der Waals surface area contributed by atoms with E-state index in [9.17, 15) is 36.3 Å². The Hall–Kier alpha value is -3.41.